The molecule has 0 N–H and O–H groups in total. The Morgan fingerprint density at radius 2 is 2.04 bits per heavy atom. The molecule has 144 valence electrons. The lowest BCUT2D eigenvalue weighted by atomic mass is 10.00. The van der Waals surface area contributed by atoms with Crippen LogP contribution in [0.15, 0.2) is 30.5 Å². The standard InChI is InChI=1S/C21H29N5O/c1-16(2)12-24-10-5-8-19(24)14-26-15-20(22-23-26)21(27)25-11-9-17-6-3-4-7-18(17)13-25/h3-4,6-7,15-16,19H,5,8-14H2,1-2H3/t19-/m0/s1. The first kappa shape index (κ1) is 18.2. The van der Waals surface area contributed by atoms with Crippen LogP contribution in [0, 0.1) is 5.92 Å². The van der Waals surface area contributed by atoms with Gasteiger partial charge in [0.25, 0.3) is 5.91 Å². The van der Waals surface area contributed by atoms with Crippen molar-refractivity contribution < 1.29 is 4.79 Å². The van der Waals surface area contributed by atoms with Crippen LogP contribution in [0.2, 0.25) is 0 Å². The predicted octanol–water partition coefficient (Wildman–Crippen LogP) is 2.60. The molecular formula is C21H29N5O. The average Bonchev–Trinajstić information content (AvgIpc) is 3.30. The fraction of sp³-hybridized carbons (Fsp3) is 0.571. The number of benzene rings is 1. The Morgan fingerprint density at radius 3 is 2.85 bits per heavy atom. The van der Waals surface area contributed by atoms with E-state index in [1.54, 1.807) is 0 Å². The van der Waals surface area contributed by atoms with Gasteiger partial charge in [-0.15, -0.1) is 5.10 Å². The Hall–Kier alpha value is -2.21. The third-order valence-electron chi connectivity index (χ3n) is 5.67. The first-order chi connectivity index (χ1) is 13.1. The molecule has 6 heteroatoms. The first-order valence-electron chi connectivity index (χ1n) is 10.1. The largest absolute Gasteiger partial charge is 0.333 e. The van der Waals surface area contributed by atoms with Crippen LogP contribution in [0.1, 0.15) is 48.3 Å². The van der Waals surface area contributed by atoms with E-state index in [-0.39, 0.29) is 5.91 Å². The Labute approximate surface area is 161 Å². The van der Waals surface area contributed by atoms with Crippen molar-refractivity contribution in [3.63, 3.8) is 0 Å². The molecule has 1 fully saturated rings. The second-order valence-corrected chi connectivity index (χ2v) is 8.26. The van der Waals surface area contributed by atoms with Gasteiger partial charge in [0, 0.05) is 25.7 Å². The second kappa shape index (κ2) is 7.80. The fourth-order valence-electron chi connectivity index (χ4n) is 4.34. The van der Waals surface area contributed by atoms with Crippen LogP contribution in [-0.4, -0.2) is 56.4 Å². The molecule has 2 aliphatic heterocycles. The Kier molecular flexibility index (Phi) is 5.25. The summed E-state index contributed by atoms with van der Waals surface area (Å²) in [7, 11) is 0. The summed E-state index contributed by atoms with van der Waals surface area (Å²) in [6, 6.07) is 8.85. The zero-order chi connectivity index (χ0) is 18.8. The van der Waals surface area contributed by atoms with E-state index in [0.29, 0.717) is 24.2 Å². The van der Waals surface area contributed by atoms with Gasteiger partial charge in [-0.25, -0.2) is 0 Å². The highest BCUT2D eigenvalue weighted by atomic mass is 16.2. The number of amides is 1. The van der Waals surface area contributed by atoms with Gasteiger partial charge in [-0.05, 0) is 42.9 Å². The molecule has 1 aromatic heterocycles. The molecule has 0 aliphatic carbocycles. The quantitative estimate of drug-likeness (QED) is 0.815. The van der Waals surface area contributed by atoms with Crippen molar-refractivity contribution in [1.29, 1.82) is 0 Å². The van der Waals surface area contributed by atoms with Crippen LogP contribution in [0.3, 0.4) is 0 Å². The molecule has 0 saturated carbocycles. The molecule has 3 heterocycles. The van der Waals surface area contributed by atoms with Crippen molar-refractivity contribution in [1.82, 2.24) is 24.8 Å². The minimum Gasteiger partial charge on any atom is -0.333 e. The normalized spacial score (nSPS) is 20.3. The summed E-state index contributed by atoms with van der Waals surface area (Å²) in [6.07, 6.45) is 5.17. The van der Waals surface area contributed by atoms with Gasteiger partial charge in [0.15, 0.2) is 5.69 Å². The number of hydrogen-bond acceptors (Lipinski definition) is 4. The first-order valence-corrected chi connectivity index (χ1v) is 10.1. The number of hydrogen-bond donors (Lipinski definition) is 0. The average molecular weight is 367 g/mol. The maximum Gasteiger partial charge on any atom is 0.276 e. The molecule has 1 saturated heterocycles. The van der Waals surface area contributed by atoms with Gasteiger partial charge in [0.05, 0.1) is 12.7 Å². The lowest BCUT2D eigenvalue weighted by Gasteiger charge is -2.28. The highest BCUT2D eigenvalue weighted by Gasteiger charge is 2.27. The third kappa shape index (κ3) is 4.05. The number of carbonyl (C=O) groups is 1. The van der Waals surface area contributed by atoms with Crippen LogP contribution in [0.4, 0.5) is 0 Å². The number of fused-ring (bicyclic) bond motifs is 1. The van der Waals surface area contributed by atoms with E-state index in [1.807, 2.05) is 21.8 Å². The van der Waals surface area contributed by atoms with Crippen molar-refractivity contribution in [3.05, 3.63) is 47.3 Å². The molecule has 2 aromatic rings. The highest BCUT2D eigenvalue weighted by molar-refractivity contribution is 5.92. The van der Waals surface area contributed by atoms with E-state index >= 15 is 0 Å². The number of rotatable bonds is 5. The molecule has 0 spiro atoms. The Morgan fingerprint density at radius 1 is 1.22 bits per heavy atom. The van der Waals surface area contributed by atoms with Crippen LogP contribution >= 0.6 is 0 Å². The molecule has 0 bridgehead atoms. The highest BCUT2D eigenvalue weighted by Crippen LogP contribution is 2.21. The lowest BCUT2D eigenvalue weighted by molar-refractivity contribution is 0.0728. The number of nitrogens with zero attached hydrogens (tertiary/aromatic N) is 5. The lowest BCUT2D eigenvalue weighted by Crippen LogP contribution is -2.36. The fourth-order valence-corrected chi connectivity index (χ4v) is 4.34. The van der Waals surface area contributed by atoms with Crippen LogP contribution in [-0.2, 0) is 19.5 Å². The summed E-state index contributed by atoms with van der Waals surface area (Å²) >= 11 is 0. The third-order valence-corrected chi connectivity index (χ3v) is 5.67. The molecule has 1 amide bonds. The minimum atomic E-state index is -0.0128. The molecule has 0 unspecified atom stereocenters. The van der Waals surface area contributed by atoms with Gasteiger partial charge in [0.2, 0.25) is 0 Å². The van der Waals surface area contributed by atoms with Crippen molar-refractivity contribution in [2.45, 2.75) is 52.2 Å². The van der Waals surface area contributed by atoms with Crippen molar-refractivity contribution in [2.24, 2.45) is 5.92 Å². The summed E-state index contributed by atoms with van der Waals surface area (Å²) < 4.78 is 1.86. The summed E-state index contributed by atoms with van der Waals surface area (Å²) in [6.45, 7) is 9.03. The van der Waals surface area contributed by atoms with E-state index in [0.717, 1.165) is 32.6 Å². The molecular weight excluding hydrogens is 338 g/mol. The van der Waals surface area contributed by atoms with Crippen LogP contribution < -0.4 is 0 Å². The van der Waals surface area contributed by atoms with Crippen LogP contribution in [0.25, 0.3) is 0 Å². The van der Waals surface area contributed by atoms with Crippen molar-refractivity contribution in [3.8, 4) is 0 Å². The van der Waals surface area contributed by atoms with Gasteiger partial charge >= 0.3 is 0 Å². The van der Waals surface area contributed by atoms with Gasteiger partial charge in [-0.1, -0.05) is 43.3 Å². The Balaban J connectivity index is 1.40. The van der Waals surface area contributed by atoms with E-state index in [9.17, 15) is 4.79 Å². The van der Waals surface area contributed by atoms with E-state index in [4.69, 9.17) is 0 Å². The number of carbonyl (C=O) groups excluding carboxylic acids is 1. The molecule has 6 nitrogen and oxygen atoms in total. The smallest absolute Gasteiger partial charge is 0.276 e. The summed E-state index contributed by atoms with van der Waals surface area (Å²) in [5.74, 6) is 0.654. The molecule has 1 atom stereocenters. The molecule has 1 aromatic carbocycles. The maximum atomic E-state index is 12.9. The van der Waals surface area contributed by atoms with Gasteiger partial charge < -0.3 is 4.90 Å². The zero-order valence-corrected chi connectivity index (χ0v) is 16.3. The van der Waals surface area contributed by atoms with E-state index in [1.165, 1.54) is 24.0 Å². The minimum absolute atomic E-state index is 0.0128. The number of likely N-dealkylation sites (tertiary alicyclic amines) is 1. The molecule has 4 rings (SSSR count). The maximum absolute atomic E-state index is 12.9. The topological polar surface area (TPSA) is 54.3 Å². The summed E-state index contributed by atoms with van der Waals surface area (Å²) in [5.41, 5.74) is 3.04. The van der Waals surface area contributed by atoms with Crippen molar-refractivity contribution >= 4 is 5.91 Å². The van der Waals surface area contributed by atoms with Gasteiger partial charge in [-0.2, -0.15) is 0 Å². The van der Waals surface area contributed by atoms with E-state index in [2.05, 4.69) is 47.3 Å². The SMILES string of the molecule is CC(C)CN1CCC[C@H]1Cn1cc(C(=O)N2CCc3ccccc3C2)nn1. The predicted molar refractivity (Wildman–Crippen MR) is 104 cm³/mol. The Bertz CT molecular complexity index is 799. The molecule has 27 heavy (non-hydrogen) atoms. The van der Waals surface area contributed by atoms with Crippen molar-refractivity contribution in [2.75, 3.05) is 19.6 Å². The monoisotopic (exact) mass is 367 g/mol. The molecule has 0 radical (unpaired) electrons. The molecule has 2 aliphatic rings. The second-order valence-electron chi connectivity index (χ2n) is 8.26. The van der Waals surface area contributed by atoms with Crippen LogP contribution in [0.5, 0.6) is 0 Å². The van der Waals surface area contributed by atoms with Gasteiger partial charge in [-0.3, -0.25) is 14.4 Å². The van der Waals surface area contributed by atoms with E-state index < -0.39 is 0 Å². The summed E-state index contributed by atoms with van der Waals surface area (Å²) in [5, 5.41) is 8.42. The zero-order valence-electron chi connectivity index (χ0n) is 16.3. The van der Waals surface area contributed by atoms with Gasteiger partial charge in [0.1, 0.15) is 0 Å². The summed E-state index contributed by atoms with van der Waals surface area (Å²) in [4.78, 5) is 17.3. The number of aromatic nitrogens is 3.